The topological polar surface area (TPSA) is 73.2 Å². The van der Waals surface area contributed by atoms with Gasteiger partial charge in [-0.15, -0.1) is 0 Å². The van der Waals surface area contributed by atoms with Gasteiger partial charge in [-0.25, -0.2) is 9.48 Å². The number of esters is 1. The molecule has 1 N–H and O–H groups in total. The first-order chi connectivity index (χ1) is 14.5. The summed E-state index contributed by atoms with van der Waals surface area (Å²) < 4.78 is 6.90. The molecule has 0 atom stereocenters. The van der Waals surface area contributed by atoms with Gasteiger partial charge in [0.05, 0.1) is 12.3 Å². The number of nitrogens with zero attached hydrogens (tertiary/aromatic N) is 2. The first kappa shape index (κ1) is 22.1. The van der Waals surface area contributed by atoms with Gasteiger partial charge in [0.2, 0.25) is 0 Å². The predicted molar refractivity (Wildman–Crippen MR) is 117 cm³/mol. The van der Waals surface area contributed by atoms with Gasteiger partial charge in [0.1, 0.15) is 0 Å². The number of benzene rings is 1. The Balaban J connectivity index is 1.77. The van der Waals surface area contributed by atoms with Crippen molar-refractivity contribution in [2.45, 2.75) is 71.8 Å². The van der Waals surface area contributed by atoms with E-state index in [1.165, 1.54) is 19.3 Å². The highest BCUT2D eigenvalue weighted by Gasteiger charge is 2.19. The van der Waals surface area contributed by atoms with Gasteiger partial charge in [-0.1, -0.05) is 33.1 Å². The summed E-state index contributed by atoms with van der Waals surface area (Å²) in [6, 6.07) is 9.51. The maximum Gasteiger partial charge on any atom is 0.358 e. The van der Waals surface area contributed by atoms with Gasteiger partial charge < -0.3 is 10.1 Å². The van der Waals surface area contributed by atoms with Gasteiger partial charge >= 0.3 is 5.97 Å². The number of carbonyl (C=O) groups excluding carboxylic acids is 2. The number of hydrogen-bond acceptors (Lipinski definition) is 4. The van der Waals surface area contributed by atoms with E-state index in [1.54, 1.807) is 11.6 Å². The first-order valence-corrected chi connectivity index (χ1v) is 11.1. The van der Waals surface area contributed by atoms with Crippen LogP contribution in [-0.2, 0) is 11.2 Å². The molecule has 1 aromatic heterocycles. The number of amides is 1. The average Bonchev–Trinajstić information content (AvgIpc) is 3.18. The highest BCUT2D eigenvalue weighted by molar-refractivity contribution is 5.94. The van der Waals surface area contributed by atoms with E-state index in [-0.39, 0.29) is 11.9 Å². The largest absolute Gasteiger partial charge is 0.461 e. The second kappa shape index (κ2) is 10.4. The van der Waals surface area contributed by atoms with E-state index in [1.807, 2.05) is 30.3 Å². The Hall–Kier alpha value is -2.63. The summed E-state index contributed by atoms with van der Waals surface area (Å²) in [5, 5.41) is 7.64. The lowest BCUT2D eigenvalue weighted by Crippen LogP contribution is -2.36. The Labute approximate surface area is 179 Å². The van der Waals surface area contributed by atoms with Crippen molar-refractivity contribution in [3.8, 4) is 5.69 Å². The van der Waals surface area contributed by atoms with Crippen LogP contribution in [0.4, 0.5) is 0 Å². The lowest BCUT2D eigenvalue weighted by atomic mass is 9.95. The predicted octanol–water partition coefficient (Wildman–Crippen LogP) is 4.70. The number of rotatable bonds is 8. The molecule has 1 saturated carbocycles. The van der Waals surface area contributed by atoms with Crippen molar-refractivity contribution in [3.63, 3.8) is 0 Å². The van der Waals surface area contributed by atoms with E-state index in [9.17, 15) is 9.59 Å². The maximum atomic E-state index is 12.6. The zero-order valence-corrected chi connectivity index (χ0v) is 18.3. The number of aryl methyl sites for hydroxylation is 1. The van der Waals surface area contributed by atoms with Crippen LogP contribution in [0.2, 0.25) is 0 Å². The monoisotopic (exact) mass is 411 g/mol. The molecule has 0 spiro atoms. The Morgan fingerprint density at radius 3 is 2.50 bits per heavy atom. The number of aromatic nitrogens is 2. The minimum Gasteiger partial charge on any atom is -0.461 e. The smallest absolute Gasteiger partial charge is 0.358 e. The third-order valence-corrected chi connectivity index (χ3v) is 5.56. The number of carbonyl (C=O) groups is 2. The molecule has 162 valence electrons. The molecule has 0 aliphatic heterocycles. The van der Waals surface area contributed by atoms with Crippen molar-refractivity contribution in [2.75, 3.05) is 6.61 Å². The van der Waals surface area contributed by atoms with Crippen LogP contribution < -0.4 is 5.32 Å². The van der Waals surface area contributed by atoms with Gasteiger partial charge in [0, 0.05) is 17.3 Å². The van der Waals surface area contributed by atoms with Crippen LogP contribution in [0.1, 0.15) is 85.8 Å². The summed E-state index contributed by atoms with van der Waals surface area (Å²) in [6.07, 6.45) is 7.57. The minimum atomic E-state index is -0.412. The molecule has 6 heteroatoms. The number of ether oxygens (including phenoxy) is 1. The van der Waals surface area contributed by atoms with E-state index >= 15 is 0 Å². The lowest BCUT2D eigenvalue weighted by Gasteiger charge is -2.22. The van der Waals surface area contributed by atoms with E-state index in [0.29, 0.717) is 23.8 Å². The SMILES string of the molecule is CCOC(=O)c1cc(CCC(C)C)n(-c2ccc(C(=O)NC3CCCCC3)cc2)n1. The van der Waals surface area contributed by atoms with Crippen molar-refractivity contribution < 1.29 is 14.3 Å². The van der Waals surface area contributed by atoms with Gasteiger partial charge in [-0.2, -0.15) is 5.10 Å². The Bertz CT molecular complexity index is 849. The van der Waals surface area contributed by atoms with Crippen LogP contribution in [0.3, 0.4) is 0 Å². The molecule has 1 fully saturated rings. The molecule has 2 aromatic rings. The zero-order valence-electron chi connectivity index (χ0n) is 18.3. The fraction of sp³-hybridized carbons (Fsp3) is 0.542. The second-order valence-electron chi connectivity index (χ2n) is 8.44. The van der Waals surface area contributed by atoms with E-state index in [0.717, 1.165) is 37.1 Å². The van der Waals surface area contributed by atoms with Gasteiger partial charge in [-0.05, 0) is 68.9 Å². The normalized spacial score (nSPS) is 14.7. The summed E-state index contributed by atoms with van der Waals surface area (Å²) in [5.41, 5.74) is 2.75. The van der Waals surface area contributed by atoms with Crippen LogP contribution in [0.5, 0.6) is 0 Å². The van der Waals surface area contributed by atoms with E-state index < -0.39 is 5.97 Å². The summed E-state index contributed by atoms with van der Waals surface area (Å²) in [6.45, 7) is 6.45. The van der Waals surface area contributed by atoms with Crippen molar-refractivity contribution in [1.29, 1.82) is 0 Å². The molecular weight excluding hydrogens is 378 g/mol. The van der Waals surface area contributed by atoms with Crippen molar-refractivity contribution in [3.05, 3.63) is 47.3 Å². The molecule has 30 heavy (non-hydrogen) atoms. The molecule has 0 radical (unpaired) electrons. The fourth-order valence-electron chi connectivity index (χ4n) is 3.83. The minimum absolute atomic E-state index is 0.0267. The van der Waals surface area contributed by atoms with Crippen LogP contribution in [0.25, 0.3) is 5.69 Å². The quantitative estimate of drug-likeness (QED) is 0.639. The van der Waals surface area contributed by atoms with E-state index in [2.05, 4.69) is 24.3 Å². The first-order valence-electron chi connectivity index (χ1n) is 11.1. The fourth-order valence-corrected chi connectivity index (χ4v) is 3.83. The van der Waals surface area contributed by atoms with Crippen LogP contribution in [-0.4, -0.2) is 34.3 Å². The average molecular weight is 412 g/mol. The molecule has 1 amide bonds. The van der Waals surface area contributed by atoms with Crippen LogP contribution in [0.15, 0.2) is 30.3 Å². The summed E-state index contributed by atoms with van der Waals surface area (Å²) in [4.78, 5) is 24.7. The van der Waals surface area contributed by atoms with Crippen molar-refractivity contribution in [2.24, 2.45) is 5.92 Å². The summed E-state index contributed by atoms with van der Waals surface area (Å²) in [7, 11) is 0. The molecule has 6 nitrogen and oxygen atoms in total. The highest BCUT2D eigenvalue weighted by atomic mass is 16.5. The van der Waals surface area contributed by atoms with Crippen LogP contribution >= 0.6 is 0 Å². The maximum absolute atomic E-state index is 12.6. The molecule has 1 aliphatic carbocycles. The van der Waals surface area contributed by atoms with Gasteiger partial charge in [0.25, 0.3) is 5.91 Å². The summed E-state index contributed by atoms with van der Waals surface area (Å²) in [5.74, 6) is 0.108. The third-order valence-electron chi connectivity index (χ3n) is 5.56. The van der Waals surface area contributed by atoms with Gasteiger partial charge in [-0.3, -0.25) is 4.79 Å². The molecule has 3 rings (SSSR count). The third kappa shape index (κ3) is 5.71. The van der Waals surface area contributed by atoms with Crippen LogP contribution in [0, 0.1) is 5.92 Å². The molecular formula is C24H33N3O3. The lowest BCUT2D eigenvalue weighted by molar-refractivity contribution is 0.0518. The zero-order chi connectivity index (χ0) is 21.5. The Kier molecular flexibility index (Phi) is 7.66. The molecule has 0 saturated heterocycles. The summed E-state index contributed by atoms with van der Waals surface area (Å²) >= 11 is 0. The molecule has 0 unspecified atom stereocenters. The molecule has 0 bridgehead atoms. The molecule has 1 heterocycles. The Morgan fingerprint density at radius 1 is 1.17 bits per heavy atom. The van der Waals surface area contributed by atoms with E-state index in [4.69, 9.17) is 4.74 Å². The highest BCUT2D eigenvalue weighted by Crippen LogP contribution is 2.20. The molecule has 1 aromatic carbocycles. The van der Waals surface area contributed by atoms with Gasteiger partial charge in [0.15, 0.2) is 5.69 Å². The van der Waals surface area contributed by atoms with Crippen molar-refractivity contribution >= 4 is 11.9 Å². The Morgan fingerprint density at radius 2 is 1.87 bits per heavy atom. The number of nitrogens with one attached hydrogen (secondary N) is 1. The van der Waals surface area contributed by atoms with Crippen molar-refractivity contribution in [1.82, 2.24) is 15.1 Å². The number of hydrogen-bond donors (Lipinski definition) is 1. The standard InChI is InChI=1S/C24H33N3O3/c1-4-30-24(29)22-16-21(13-10-17(2)3)27(26-22)20-14-11-18(12-15-20)23(28)25-19-8-6-5-7-9-19/h11-12,14-17,19H,4-10,13H2,1-3H3,(H,25,28). The second-order valence-corrected chi connectivity index (χ2v) is 8.44. The molecule has 1 aliphatic rings.